The van der Waals surface area contributed by atoms with Gasteiger partial charge in [-0.05, 0) is 49.1 Å². The molecule has 1 unspecified atom stereocenters. The van der Waals surface area contributed by atoms with E-state index in [1.165, 1.54) is 6.07 Å². The largest absolute Gasteiger partial charge is 0.380 e. The first-order valence-electron chi connectivity index (χ1n) is 13.5. The summed E-state index contributed by atoms with van der Waals surface area (Å²) in [5.41, 5.74) is 2.11. The van der Waals surface area contributed by atoms with Gasteiger partial charge < -0.3 is 5.32 Å². The molecular weight excluding hydrogens is 515 g/mol. The highest BCUT2D eigenvalue weighted by Gasteiger charge is 2.45. The van der Waals surface area contributed by atoms with Crippen molar-refractivity contribution in [3.8, 4) is 0 Å². The van der Waals surface area contributed by atoms with Crippen molar-refractivity contribution in [2.75, 3.05) is 18.4 Å². The number of nitrogens with zero attached hydrogens (tertiary/aromatic N) is 4. The average Bonchev–Trinajstić information content (AvgIpc) is 3.57. The molecule has 2 aromatic carbocycles. The van der Waals surface area contributed by atoms with Crippen molar-refractivity contribution in [2.24, 2.45) is 0 Å². The third-order valence-corrected chi connectivity index (χ3v) is 7.92. The summed E-state index contributed by atoms with van der Waals surface area (Å²) in [6.07, 6.45) is 5.85. The molecule has 3 aromatic rings. The van der Waals surface area contributed by atoms with Gasteiger partial charge in [0.05, 0.1) is 17.2 Å². The quantitative estimate of drug-likeness (QED) is 0.440. The van der Waals surface area contributed by atoms with Crippen LogP contribution in [0, 0.1) is 5.82 Å². The molecule has 2 N–H and O–H groups in total. The maximum Gasteiger partial charge on any atom is 0.264 e. The topological polar surface area (TPSA) is 117 Å². The van der Waals surface area contributed by atoms with Gasteiger partial charge in [-0.15, -0.1) is 0 Å². The SMILES string of the molecule is O=C1CCC(N2C(=O)c3cccc(NCc4ccc(CN5CCC(n6cccn6)CC5)c(F)c4)c3C2=O)C(=O)N1. The highest BCUT2D eigenvalue weighted by atomic mass is 19.1. The summed E-state index contributed by atoms with van der Waals surface area (Å²) in [5, 5.41) is 9.69. The van der Waals surface area contributed by atoms with Crippen LogP contribution in [0.3, 0.4) is 0 Å². The lowest BCUT2D eigenvalue weighted by molar-refractivity contribution is -0.136. The molecule has 11 heteroatoms. The van der Waals surface area contributed by atoms with Crippen LogP contribution in [0.15, 0.2) is 54.9 Å². The number of nitrogens with one attached hydrogen (secondary N) is 2. The summed E-state index contributed by atoms with van der Waals surface area (Å²) in [5.74, 6) is -2.52. The zero-order chi connectivity index (χ0) is 27.8. The molecule has 4 heterocycles. The van der Waals surface area contributed by atoms with Gasteiger partial charge in [-0.2, -0.15) is 5.10 Å². The van der Waals surface area contributed by atoms with Crippen molar-refractivity contribution in [3.63, 3.8) is 0 Å². The molecule has 2 saturated heterocycles. The Bertz CT molecular complexity index is 1480. The first kappa shape index (κ1) is 25.9. The highest BCUT2D eigenvalue weighted by molar-refractivity contribution is 6.25. The minimum absolute atomic E-state index is 0.0556. The minimum Gasteiger partial charge on any atom is -0.380 e. The predicted octanol–water partition coefficient (Wildman–Crippen LogP) is 2.87. The smallest absolute Gasteiger partial charge is 0.264 e. The molecule has 2 fully saturated rings. The van der Waals surface area contributed by atoms with Gasteiger partial charge in [0.15, 0.2) is 0 Å². The van der Waals surface area contributed by atoms with Crippen LogP contribution in [0.25, 0.3) is 0 Å². The van der Waals surface area contributed by atoms with E-state index in [9.17, 15) is 19.2 Å². The molecule has 40 heavy (non-hydrogen) atoms. The van der Waals surface area contributed by atoms with Crippen molar-refractivity contribution in [2.45, 2.75) is 50.9 Å². The van der Waals surface area contributed by atoms with Crippen LogP contribution in [0.4, 0.5) is 10.1 Å². The van der Waals surface area contributed by atoms with Crippen LogP contribution >= 0.6 is 0 Å². The molecule has 0 spiro atoms. The minimum atomic E-state index is -1.03. The normalized spacial score (nSPS) is 20.1. The Balaban J connectivity index is 1.10. The number of halogens is 1. The van der Waals surface area contributed by atoms with Gasteiger partial charge in [-0.25, -0.2) is 4.39 Å². The fraction of sp³-hybridized carbons (Fsp3) is 0.345. The maximum absolute atomic E-state index is 15.0. The number of hydrogen-bond acceptors (Lipinski definition) is 7. The Hall–Kier alpha value is -4.38. The number of rotatable bonds is 7. The molecule has 1 atom stereocenters. The second-order valence-electron chi connectivity index (χ2n) is 10.4. The van der Waals surface area contributed by atoms with Gasteiger partial charge in [-0.1, -0.05) is 18.2 Å². The second-order valence-corrected chi connectivity index (χ2v) is 10.4. The van der Waals surface area contributed by atoms with Crippen molar-refractivity contribution >= 4 is 29.3 Å². The fourth-order valence-electron chi connectivity index (χ4n) is 5.77. The Labute approximate surface area is 230 Å². The zero-order valence-electron chi connectivity index (χ0n) is 21.8. The van der Waals surface area contributed by atoms with Crippen LogP contribution in [0.1, 0.15) is 63.6 Å². The van der Waals surface area contributed by atoms with E-state index < -0.39 is 29.7 Å². The molecule has 0 saturated carbocycles. The maximum atomic E-state index is 15.0. The molecule has 0 bridgehead atoms. The van der Waals surface area contributed by atoms with Crippen molar-refractivity contribution in [1.29, 1.82) is 0 Å². The van der Waals surface area contributed by atoms with Crippen LogP contribution in [0.2, 0.25) is 0 Å². The van der Waals surface area contributed by atoms with Crippen LogP contribution in [-0.4, -0.2) is 62.3 Å². The number of imide groups is 2. The zero-order valence-corrected chi connectivity index (χ0v) is 21.8. The number of fused-ring (bicyclic) bond motifs is 1. The first-order valence-corrected chi connectivity index (χ1v) is 13.5. The van der Waals surface area contributed by atoms with E-state index in [1.807, 2.05) is 23.0 Å². The first-order chi connectivity index (χ1) is 19.4. The van der Waals surface area contributed by atoms with Gasteiger partial charge in [0, 0.05) is 56.2 Å². The molecule has 10 nitrogen and oxygen atoms in total. The van der Waals surface area contributed by atoms with Gasteiger partial charge in [0.2, 0.25) is 11.8 Å². The lowest BCUT2D eigenvalue weighted by Crippen LogP contribution is -2.54. The van der Waals surface area contributed by atoms with E-state index in [0.717, 1.165) is 30.8 Å². The van der Waals surface area contributed by atoms with Crippen LogP contribution in [-0.2, 0) is 22.7 Å². The summed E-state index contributed by atoms with van der Waals surface area (Å²) in [6, 6.07) is 11.3. The van der Waals surface area contributed by atoms with Gasteiger partial charge in [0.25, 0.3) is 11.8 Å². The second kappa shape index (κ2) is 10.6. The van der Waals surface area contributed by atoms with E-state index in [0.29, 0.717) is 29.4 Å². The van der Waals surface area contributed by atoms with E-state index in [2.05, 4.69) is 20.6 Å². The van der Waals surface area contributed by atoms with Gasteiger partial charge in [-0.3, -0.25) is 39.0 Å². The summed E-state index contributed by atoms with van der Waals surface area (Å²) < 4.78 is 17.0. The Kier molecular flexibility index (Phi) is 6.89. The molecule has 206 valence electrons. The fourth-order valence-corrected chi connectivity index (χ4v) is 5.77. The Morgan fingerprint density at radius 2 is 1.82 bits per heavy atom. The molecule has 1 aromatic heterocycles. The highest BCUT2D eigenvalue weighted by Crippen LogP contribution is 2.33. The summed E-state index contributed by atoms with van der Waals surface area (Å²) in [4.78, 5) is 53.4. The number of amides is 4. The number of carbonyl (C=O) groups is 4. The average molecular weight is 545 g/mol. The molecular formula is C29H29FN6O4. The van der Waals surface area contributed by atoms with Crippen LogP contribution < -0.4 is 10.6 Å². The van der Waals surface area contributed by atoms with Crippen molar-refractivity contribution in [3.05, 3.63) is 82.9 Å². The standard InChI is InChI=1S/C29H29FN6O4/c30-22-15-18(5-6-19(22)17-34-13-9-20(10-14-34)35-12-2-11-32-35)16-31-23-4-1-3-21-26(23)29(40)36(28(21)39)24-7-8-25(37)33-27(24)38/h1-6,11-12,15,20,24,31H,7-10,13-14,16-17H2,(H,33,37,38). The lowest BCUT2D eigenvalue weighted by Gasteiger charge is -2.32. The number of benzene rings is 2. The Morgan fingerprint density at radius 3 is 2.55 bits per heavy atom. The van der Waals surface area contributed by atoms with Crippen molar-refractivity contribution in [1.82, 2.24) is 24.9 Å². The third-order valence-electron chi connectivity index (χ3n) is 7.92. The molecule has 6 rings (SSSR count). The van der Waals surface area contributed by atoms with Gasteiger partial charge in [0.1, 0.15) is 11.9 Å². The molecule has 3 aliphatic heterocycles. The molecule has 3 aliphatic rings. The number of aromatic nitrogens is 2. The number of hydrogen-bond donors (Lipinski definition) is 2. The summed E-state index contributed by atoms with van der Waals surface area (Å²) in [7, 11) is 0. The summed E-state index contributed by atoms with van der Waals surface area (Å²) in [6.45, 7) is 2.51. The van der Waals surface area contributed by atoms with E-state index in [1.54, 1.807) is 30.5 Å². The number of piperidine rings is 2. The number of carbonyl (C=O) groups excluding carboxylic acids is 4. The predicted molar refractivity (Wildman–Crippen MR) is 143 cm³/mol. The Morgan fingerprint density at radius 1 is 1.00 bits per heavy atom. The number of anilines is 1. The van der Waals surface area contributed by atoms with E-state index >= 15 is 4.39 Å². The lowest BCUT2D eigenvalue weighted by atomic mass is 10.0. The van der Waals surface area contributed by atoms with Crippen LogP contribution in [0.5, 0.6) is 0 Å². The summed E-state index contributed by atoms with van der Waals surface area (Å²) >= 11 is 0. The van der Waals surface area contributed by atoms with E-state index in [4.69, 9.17) is 0 Å². The van der Waals surface area contributed by atoms with Gasteiger partial charge >= 0.3 is 0 Å². The molecule has 4 amide bonds. The number of likely N-dealkylation sites (tertiary alicyclic amines) is 1. The monoisotopic (exact) mass is 544 g/mol. The third kappa shape index (κ3) is 4.88. The van der Waals surface area contributed by atoms with Crippen molar-refractivity contribution < 1.29 is 23.6 Å². The molecule has 0 radical (unpaired) electrons. The molecule has 0 aliphatic carbocycles. The van der Waals surface area contributed by atoms with E-state index in [-0.39, 0.29) is 36.3 Å².